The van der Waals surface area contributed by atoms with Crippen molar-refractivity contribution in [1.29, 1.82) is 0 Å². The number of rotatable bonds is 5. The second kappa shape index (κ2) is 5.30. The van der Waals surface area contributed by atoms with Gasteiger partial charge >= 0.3 is 0 Å². The Morgan fingerprint density at radius 3 is 2.09 bits per heavy atom. The molecule has 1 atom stereocenters. The summed E-state index contributed by atoms with van der Waals surface area (Å²) in [6.07, 6.45) is 1.93. The molecule has 0 fully saturated rings. The zero-order chi connectivity index (χ0) is 8.85. The van der Waals surface area contributed by atoms with Gasteiger partial charge in [-0.3, -0.25) is 0 Å². The Bertz CT molecular complexity index is 100. The number of carbonyl (C=O) groups excluding carboxylic acids is 1. The Kier molecular flexibility index (Phi) is 5.12. The summed E-state index contributed by atoms with van der Waals surface area (Å²) in [6.45, 7) is 8.35. The fourth-order valence-corrected chi connectivity index (χ4v) is 1.10. The normalized spacial score (nSPS) is 14.0. The van der Waals surface area contributed by atoms with E-state index in [4.69, 9.17) is 0 Å². The molecule has 0 aromatic carbocycles. The molecule has 0 saturated carbocycles. The molecular formula is C9H19NO. The van der Waals surface area contributed by atoms with Gasteiger partial charge in [0, 0.05) is 6.04 Å². The lowest BCUT2D eigenvalue weighted by Gasteiger charge is -2.16. The topological polar surface area (TPSA) is 29.1 Å². The maximum Gasteiger partial charge on any atom is 0.136 e. The van der Waals surface area contributed by atoms with Crippen molar-refractivity contribution in [3.05, 3.63) is 0 Å². The molecule has 0 radical (unpaired) electrons. The van der Waals surface area contributed by atoms with Gasteiger partial charge < -0.3 is 10.1 Å². The van der Waals surface area contributed by atoms with Crippen molar-refractivity contribution in [3.63, 3.8) is 0 Å². The number of hydrogen-bond donors (Lipinski definition) is 1. The quantitative estimate of drug-likeness (QED) is 0.614. The van der Waals surface area contributed by atoms with Crippen LogP contribution in [0.3, 0.4) is 0 Å². The van der Waals surface area contributed by atoms with Crippen LogP contribution in [-0.4, -0.2) is 18.4 Å². The molecule has 0 bridgehead atoms. The van der Waals surface area contributed by atoms with E-state index in [9.17, 15) is 4.79 Å². The Morgan fingerprint density at radius 1 is 1.27 bits per heavy atom. The lowest BCUT2D eigenvalue weighted by molar-refractivity contribution is -0.110. The summed E-state index contributed by atoms with van der Waals surface area (Å²) < 4.78 is 0. The second-order valence-corrected chi connectivity index (χ2v) is 3.69. The van der Waals surface area contributed by atoms with Crippen LogP contribution in [0.2, 0.25) is 0 Å². The third-order valence-electron chi connectivity index (χ3n) is 1.44. The molecule has 0 amide bonds. The van der Waals surface area contributed by atoms with Crippen LogP contribution < -0.4 is 5.32 Å². The molecule has 66 valence electrons. The van der Waals surface area contributed by atoms with E-state index in [2.05, 4.69) is 33.0 Å². The summed E-state index contributed by atoms with van der Waals surface area (Å²) in [5, 5.41) is 3.19. The molecule has 2 heteroatoms. The average molecular weight is 157 g/mol. The zero-order valence-electron chi connectivity index (χ0n) is 7.92. The van der Waals surface area contributed by atoms with Gasteiger partial charge in [-0.05, 0) is 12.3 Å². The first kappa shape index (κ1) is 10.6. The highest BCUT2D eigenvalue weighted by Crippen LogP contribution is 2.03. The van der Waals surface area contributed by atoms with E-state index < -0.39 is 0 Å². The van der Waals surface area contributed by atoms with Crippen LogP contribution in [0.5, 0.6) is 0 Å². The van der Waals surface area contributed by atoms with Crippen molar-refractivity contribution in [2.24, 2.45) is 5.92 Å². The van der Waals surface area contributed by atoms with E-state index in [-0.39, 0.29) is 6.04 Å². The minimum atomic E-state index is 0.0370. The van der Waals surface area contributed by atoms with Crippen LogP contribution in [0.15, 0.2) is 0 Å². The van der Waals surface area contributed by atoms with Crippen LogP contribution in [-0.2, 0) is 4.79 Å². The summed E-state index contributed by atoms with van der Waals surface area (Å²) in [4.78, 5) is 10.5. The van der Waals surface area contributed by atoms with Crippen LogP contribution in [0.25, 0.3) is 0 Å². The zero-order valence-corrected chi connectivity index (χ0v) is 7.92. The molecule has 2 nitrogen and oxygen atoms in total. The molecule has 0 rings (SSSR count). The Morgan fingerprint density at radius 2 is 1.82 bits per heavy atom. The highest BCUT2D eigenvalue weighted by Gasteiger charge is 2.09. The van der Waals surface area contributed by atoms with Crippen molar-refractivity contribution in [3.8, 4) is 0 Å². The monoisotopic (exact) mass is 157 g/mol. The van der Waals surface area contributed by atoms with E-state index in [1.807, 2.05) is 0 Å². The molecular weight excluding hydrogens is 138 g/mol. The maximum absolute atomic E-state index is 10.5. The fourth-order valence-electron chi connectivity index (χ4n) is 1.10. The first-order chi connectivity index (χ1) is 5.06. The van der Waals surface area contributed by atoms with Gasteiger partial charge in [-0.25, -0.2) is 0 Å². The van der Waals surface area contributed by atoms with Crippen molar-refractivity contribution in [2.75, 3.05) is 0 Å². The molecule has 11 heavy (non-hydrogen) atoms. The van der Waals surface area contributed by atoms with E-state index in [1.165, 1.54) is 0 Å². The first-order valence-corrected chi connectivity index (χ1v) is 4.27. The molecule has 0 unspecified atom stereocenters. The highest BCUT2D eigenvalue weighted by molar-refractivity contribution is 5.57. The predicted octanol–water partition coefficient (Wildman–Crippen LogP) is 1.60. The minimum Gasteiger partial charge on any atom is -0.305 e. The number of hydrogen-bond acceptors (Lipinski definition) is 2. The lowest BCUT2D eigenvalue weighted by atomic mass is 10.0. The Hall–Kier alpha value is -0.370. The van der Waals surface area contributed by atoms with Crippen molar-refractivity contribution in [1.82, 2.24) is 5.32 Å². The van der Waals surface area contributed by atoms with Crippen molar-refractivity contribution >= 4 is 6.29 Å². The minimum absolute atomic E-state index is 0.0370. The van der Waals surface area contributed by atoms with Gasteiger partial charge in [-0.1, -0.05) is 27.7 Å². The van der Waals surface area contributed by atoms with E-state index in [1.54, 1.807) is 0 Å². The first-order valence-electron chi connectivity index (χ1n) is 4.27. The van der Waals surface area contributed by atoms with Gasteiger partial charge in [-0.2, -0.15) is 0 Å². The van der Waals surface area contributed by atoms with E-state index in [0.717, 1.165) is 12.7 Å². The van der Waals surface area contributed by atoms with Gasteiger partial charge in [0.25, 0.3) is 0 Å². The number of carbonyl (C=O) groups is 1. The predicted molar refractivity (Wildman–Crippen MR) is 47.6 cm³/mol. The summed E-state index contributed by atoms with van der Waals surface area (Å²) in [6, 6.07) is 0.430. The molecule has 0 aliphatic rings. The smallest absolute Gasteiger partial charge is 0.136 e. The second-order valence-electron chi connectivity index (χ2n) is 3.69. The van der Waals surface area contributed by atoms with Crippen molar-refractivity contribution < 1.29 is 4.79 Å². The fraction of sp³-hybridized carbons (Fsp3) is 0.889. The largest absolute Gasteiger partial charge is 0.305 e. The van der Waals surface area contributed by atoms with Crippen LogP contribution in [0.4, 0.5) is 0 Å². The summed E-state index contributed by atoms with van der Waals surface area (Å²) >= 11 is 0. The molecule has 0 aliphatic heterocycles. The molecule has 0 aromatic rings. The maximum atomic E-state index is 10.5. The standard InChI is InChI=1S/C9H19NO/c1-7(2)5-9(6-11)10-8(3)4/h6-10H,5H2,1-4H3/t9-/m0/s1. The lowest BCUT2D eigenvalue weighted by Crippen LogP contribution is -2.36. The van der Waals surface area contributed by atoms with Crippen LogP contribution in [0, 0.1) is 5.92 Å². The summed E-state index contributed by atoms with van der Waals surface area (Å²) in [5.74, 6) is 0.580. The molecule has 1 N–H and O–H groups in total. The van der Waals surface area contributed by atoms with Gasteiger partial charge in [0.15, 0.2) is 0 Å². The molecule has 0 aromatic heterocycles. The molecule has 0 aliphatic carbocycles. The summed E-state index contributed by atoms with van der Waals surface area (Å²) in [5.41, 5.74) is 0. The third-order valence-corrected chi connectivity index (χ3v) is 1.44. The third kappa shape index (κ3) is 6.05. The van der Waals surface area contributed by atoms with Gasteiger partial charge in [0.05, 0.1) is 6.04 Å². The summed E-state index contributed by atoms with van der Waals surface area (Å²) in [7, 11) is 0. The van der Waals surface area contributed by atoms with Gasteiger partial charge in [-0.15, -0.1) is 0 Å². The average Bonchev–Trinajstić information content (AvgIpc) is 1.84. The molecule has 0 spiro atoms. The van der Waals surface area contributed by atoms with E-state index in [0.29, 0.717) is 12.0 Å². The van der Waals surface area contributed by atoms with E-state index >= 15 is 0 Å². The Balaban J connectivity index is 3.67. The molecule has 0 heterocycles. The van der Waals surface area contributed by atoms with Gasteiger partial charge in [0.2, 0.25) is 0 Å². The number of nitrogens with one attached hydrogen (secondary N) is 1. The van der Waals surface area contributed by atoms with Gasteiger partial charge in [0.1, 0.15) is 6.29 Å². The van der Waals surface area contributed by atoms with Crippen LogP contribution >= 0.6 is 0 Å². The highest BCUT2D eigenvalue weighted by atomic mass is 16.1. The number of aldehydes is 1. The molecule has 0 saturated heterocycles. The van der Waals surface area contributed by atoms with Crippen LogP contribution in [0.1, 0.15) is 34.1 Å². The Labute approximate surface area is 69.4 Å². The van der Waals surface area contributed by atoms with Crippen molar-refractivity contribution in [2.45, 2.75) is 46.2 Å². The SMILES string of the molecule is CC(C)C[C@@H](C=O)NC(C)C.